The molecule has 0 aliphatic carbocycles. The molecular formula is C12H27N3O2S. The first-order chi connectivity index (χ1) is 8.16. The van der Waals surface area contributed by atoms with Crippen LogP contribution in [0.5, 0.6) is 0 Å². The predicted octanol–water partition coefficient (Wildman–Crippen LogP) is 0.926. The molecule has 0 radical (unpaired) electrons. The molecule has 0 spiro atoms. The number of nitrogens with zero attached hydrogens (tertiary/aromatic N) is 1. The van der Waals surface area contributed by atoms with Crippen LogP contribution in [0.15, 0.2) is 0 Å². The molecule has 0 saturated carbocycles. The van der Waals surface area contributed by atoms with E-state index in [-0.39, 0.29) is 11.5 Å². The van der Waals surface area contributed by atoms with E-state index in [9.17, 15) is 8.42 Å². The van der Waals surface area contributed by atoms with Crippen LogP contribution in [0.3, 0.4) is 0 Å². The normalized spacial score (nSPS) is 22.1. The Labute approximate surface area is 111 Å². The van der Waals surface area contributed by atoms with Crippen molar-refractivity contribution in [3.63, 3.8) is 0 Å². The van der Waals surface area contributed by atoms with Crippen molar-refractivity contribution in [2.24, 2.45) is 17.1 Å². The van der Waals surface area contributed by atoms with Crippen LogP contribution in [0.4, 0.5) is 0 Å². The molecule has 0 aromatic rings. The molecule has 5 nitrogen and oxygen atoms in total. The molecule has 0 aromatic carbocycles. The molecule has 3 N–H and O–H groups in total. The average Bonchev–Trinajstić information content (AvgIpc) is 2.27. The number of nitrogens with two attached hydrogens (primary N) is 1. The molecule has 1 heterocycles. The van der Waals surface area contributed by atoms with Crippen molar-refractivity contribution in [3.05, 3.63) is 0 Å². The Balaban J connectivity index is 2.60. The van der Waals surface area contributed by atoms with E-state index in [1.54, 1.807) is 4.31 Å². The topological polar surface area (TPSA) is 75.4 Å². The lowest BCUT2D eigenvalue weighted by atomic mass is 9.89. The van der Waals surface area contributed by atoms with Gasteiger partial charge in [0.2, 0.25) is 0 Å². The lowest BCUT2D eigenvalue weighted by Gasteiger charge is -2.34. The zero-order valence-corrected chi connectivity index (χ0v) is 12.8. The molecule has 0 amide bonds. The van der Waals surface area contributed by atoms with Gasteiger partial charge in [-0.1, -0.05) is 20.8 Å². The summed E-state index contributed by atoms with van der Waals surface area (Å²) in [5, 5.41) is 0. The first-order valence-corrected chi connectivity index (χ1v) is 8.08. The third-order valence-corrected chi connectivity index (χ3v) is 5.57. The SMILES string of the molecule is CC(NS(=O)(=O)N1CCC(CN)CC1)C(C)(C)C. The summed E-state index contributed by atoms with van der Waals surface area (Å²) in [6, 6.07) is -0.0882. The highest BCUT2D eigenvalue weighted by molar-refractivity contribution is 7.87. The summed E-state index contributed by atoms with van der Waals surface area (Å²) in [5.74, 6) is 0.469. The van der Waals surface area contributed by atoms with Crippen LogP contribution in [-0.4, -0.2) is 38.4 Å². The number of rotatable bonds is 4. The van der Waals surface area contributed by atoms with E-state index in [0.717, 1.165) is 12.8 Å². The molecule has 1 saturated heterocycles. The lowest BCUT2D eigenvalue weighted by molar-refractivity contribution is 0.264. The predicted molar refractivity (Wildman–Crippen MR) is 74.3 cm³/mol. The van der Waals surface area contributed by atoms with Gasteiger partial charge in [-0.25, -0.2) is 0 Å². The lowest BCUT2D eigenvalue weighted by Crippen LogP contribution is -2.51. The van der Waals surface area contributed by atoms with E-state index in [1.807, 2.05) is 27.7 Å². The number of hydrogen-bond donors (Lipinski definition) is 2. The second-order valence-electron chi connectivity index (χ2n) is 6.29. The van der Waals surface area contributed by atoms with Crippen molar-refractivity contribution in [1.82, 2.24) is 9.03 Å². The second-order valence-corrected chi connectivity index (χ2v) is 7.99. The fourth-order valence-corrected chi connectivity index (χ4v) is 3.50. The first-order valence-electron chi connectivity index (χ1n) is 6.64. The summed E-state index contributed by atoms with van der Waals surface area (Å²) < 4.78 is 28.8. The summed E-state index contributed by atoms with van der Waals surface area (Å²) in [4.78, 5) is 0. The number of hydrogen-bond acceptors (Lipinski definition) is 3. The van der Waals surface area contributed by atoms with E-state index < -0.39 is 10.2 Å². The van der Waals surface area contributed by atoms with Gasteiger partial charge in [-0.15, -0.1) is 0 Å². The maximum atomic E-state index is 12.2. The largest absolute Gasteiger partial charge is 0.330 e. The quantitative estimate of drug-likeness (QED) is 0.802. The van der Waals surface area contributed by atoms with Crippen molar-refractivity contribution >= 4 is 10.2 Å². The highest BCUT2D eigenvalue weighted by Gasteiger charge is 2.31. The minimum atomic E-state index is -3.35. The van der Waals surface area contributed by atoms with Gasteiger partial charge in [-0.2, -0.15) is 17.4 Å². The maximum absolute atomic E-state index is 12.2. The van der Waals surface area contributed by atoms with Crippen molar-refractivity contribution in [2.75, 3.05) is 19.6 Å². The fourth-order valence-electron chi connectivity index (χ4n) is 1.86. The molecule has 18 heavy (non-hydrogen) atoms. The molecule has 1 unspecified atom stereocenters. The minimum absolute atomic E-state index is 0.0807. The number of piperidine rings is 1. The first kappa shape index (κ1) is 15.9. The van der Waals surface area contributed by atoms with Gasteiger partial charge in [-0.05, 0) is 37.6 Å². The van der Waals surface area contributed by atoms with E-state index >= 15 is 0 Å². The summed E-state index contributed by atoms with van der Waals surface area (Å²) in [6.07, 6.45) is 1.72. The third-order valence-electron chi connectivity index (χ3n) is 3.87. The summed E-state index contributed by atoms with van der Waals surface area (Å²) >= 11 is 0. The van der Waals surface area contributed by atoms with Gasteiger partial charge in [-0.3, -0.25) is 0 Å². The van der Waals surface area contributed by atoms with Crippen LogP contribution >= 0.6 is 0 Å². The van der Waals surface area contributed by atoms with Crippen molar-refractivity contribution in [1.29, 1.82) is 0 Å². The van der Waals surface area contributed by atoms with Gasteiger partial charge in [0.25, 0.3) is 10.2 Å². The second kappa shape index (κ2) is 5.86. The Morgan fingerprint density at radius 2 is 1.83 bits per heavy atom. The summed E-state index contributed by atoms with van der Waals surface area (Å²) in [6.45, 7) is 9.80. The molecule has 1 fully saturated rings. The highest BCUT2D eigenvalue weighted by Crippen LogP contribution is 2.22. The van der Waals surface area contributed by atoms with Crippen LogP contribution in [0.2, 0.25) is 0 Å². The van der Waals surface area contributed by atoms with Gasteiger partial charge in [0.05, 0.1) is 0 Å². The standard InChI is InChI=1S/C12H27N3O2S/c1-10(12(2,3)4)14-18(16,17)15-7-5-11(9-13)6-8-15/h10-11,14H,5-9,13H2,1-4H3. The van der Waals surface area contributed by atoms with E-state index in [4.69, 9.17) is 5.73 Å². The van der Waals surface area contributed by atoms with Crippen molar-refractivity contribution < 1.29 is 8.42 Å². The molecule has 1 atom stereocenters. The van der Waals surface area contributed by atoms with Crippen LogP contribution in [0.25, 0.3) is 0 Å². The smallest absolute Gasteiger partial charge is 0.279 e. The Morgan fingerprint density at radius 1 is 1.33 bits per heavy atom. The Morgan fingerprint density at radius 3 is 2.22 bits per heavy atom. The molecule has 0 aromatic heterocycles. The zero-order valence-electron chi connectivity index (χ0n) is 11.9. The number of nitrogens with one attached hydrogen (secondary N) is 1. The minimum Gasteiger partial charge on any atom is -0.330 e. The molecule has 1 aliphatic heterocycles. The van der Waals surface area contributed by atoms with Crippen LogP contribution in [0.1, 0.15) is 40.5 Å². The average molecular weight is 277 g/mol. The zero-order chi connectivity index (χ0) is 14.0. The van der Waals surface area contributed by atoms with Gasteiger partial charge in [0, 0.05) is 19.1 Å². The molecule has 1 aliphatic rings. The Bertz CT molecular complexity index is 354. The highest BCUT2D eigenvalue weighted by atomic mass is 32.2. The molecule has 0 bridgehead atoms. The summed E-state index contributed by atoms with van der Waals surface area (Å²) in [7, 11) is -3.35. The molecular weight excluding hydrogens is 250 g/mol. The van der Waals surface area contributed by atoms with Crippen LogP contribution < -0.4 is 10.5 Å². The van der Waals surface area contributed by atoms with Crippen molar-refractivity contribution in [2.45, 2.75) is 46.6 Å². The van der Waals surface area contributed by atoms with Gasteiger partial charge in [0.1, 0.15) is 0 Å². The summed E-state index contributed by atoms with van der Waals surface area (Å²) in [5.41, 5.74) is 5.53. The van der Waals surface area contributed by atoms with E-state index in [0.29, 0.717) is 25.6 Å². The van der Waals surface area contributed by atoms with Gasteiger partial charge in [0.15, 0.2) is 0 Å². The molecule has 108 valence electrons. The molecule has 6 heteroatoms. The van der Waals surface area contributed by atoms with Crippen LogP contribution in [0, 0.1) is 11.3 Å². The monoisotopic (exact) mass is 277 g/mol. The van der Waals surface area contributed by atoms with Gasteiger partial charge >= 0.3 is 0 Å². The maximum Gasteiger partial charge on any atom is 0.279 e. The van der Waals surface area contributed by atoms with E-state index in [2.05, 4.69) is 4.72 Å². The fraction of sp³-hybridized carbons (Fsp3) is 1.00. The van der Waals surface area contributed by atoms with E-state index in [1.165, 1.54) is 0 Å². The van der Waals surface area contributed by atoms with Crippen molar-refractivity contribution in [3.8, 4) is 0 Å². The third kappa shape index (κ3) is 4.19. The van der Waals surface area contributed by atoms with Crippen LogP contribution in [-0.2, 0) is 10.2 Å². The van der Waals surface area contributed by atoms with Gasteiger partial charge < -0.3 is 5.73 Å². The Hall–Kier alpha value is -0.170. The molecule has 1 rings (SSSR count). The Kier molecular flexibility index (Phi) is 5.17.